The summed E-state index contributed by atoms with van der Waals surface area (Å²) in [4.78, 5) is 23.4. The smallest absolute Gasteiger partial charge is 0.273 e. The van der Waals surface area contributed by atoms with E-state index >= 15 is 0 Å². The molecule has 2 aromatic carbocycles. The molecule has 1 saturated heterocycles. The molecule has 7 nitrogen and oxygen atoms in total. The van der Waals surface area contributed by atoms with Gasteiger partial charge in [0.05, 0.1) is 16.9 Å². The third kappa shape index (κ3) is 6.08. The maximum Gasteiger partial charge on any atom is 0.417 e. The van der Waals surface area contributed by atoms with Crippen LogP contribution in [0.5, 0.6) is 0 Å². The van der Waals surface area contributed by atoms with Crippen molar-refractivity contribution in [3.8, 4) is 0 Å². The lowest BCUT2D eigenvalue weighted by Crippen LogP contribution is -2.48. The van der Waals surface area contributed by atoms with E-state index in [-0.39, 0.29) is 32.4 Å². The summed E-state index contributed by atoms with van der Waals surface area (Å²) in [6.07, 6.45) is -4.76. The topological polar surface area (TPSA) is 95.6 Å². The number of amides is 2. The summed E-state index contributed by atoms with van der Waals surface area (Å²) in [7, 11) is -4.40. The highest BCUT2D eigenvalue weighted by Crippen LogP contribution is 2.36. The number of alkyl halides is 3. The number of rotatable bonds is 5. The van der Waals surface area contributed by atoms with E-state index in [0.29, 0.717) is 11.6 Å². The predicted octanol–water partition coefficient (Wildman–Crippen LogP) is 2.64. The zero-order valence-electron chi connectivity index (χ0n) is 17.2. The number of halogens is 4. The lowest BCUT2D eigenvalue weighted by molar-refractivity contribution is -0.140. The minimum atomic E-state index is -4.83. The molecule has 0 saturated carbocycles. The quantitative estimate of drug-likeness (QED) is 0.501. The molecule has 0 radical (unpaired) electrons. The van der Waals surface area contributed by atoms with Crippen LogP contribution < -0.4 is 10.9 Å². The number of carbonyl (C=O) groups excluding carboxylic acids is 2. The van der Waals surface area contributed by atoms with Crippen molar-refractivity contribution in [3.05, 3.63) is 65.5 Å². The van der Waals surface area contributed by atoms with Gasteiger partial charge in [-0.05, 0) is 42.7 Å². The number of nitrogens with one attached hydrogen (secondary N) is 2. The number of carbonyl (C=O) groups is 2. The fourth-order valence-electron chi connectivity index (χ4n) is 3.49. The molecule has 0 aliphatic carbocycles. The van der Waals surface area contributed by atoms with E-state index in [2.05, 4.69) is 10.9 Å². The van der Waals surface area contributed by atoms with Gasteiger partial charge < -0.3 is 0 Å². The number of benzene rings is 2. The first-order chi connectivity index (χ1) is 15.5. The average Bonchev–Trinajstić information content (AvgIpc) is 2.78. The minimum Gasteiger partial charge on any atom is -0.273 e. The molecule has 2 aromatic rings. The standard InChI is InChI=1S/C21H21F4N3O4S/c22-16-7-5-14(6-8-16)13-19(29)26-27-20(30)15-9-11-28(12-10-15)33(31,32)18-4-2-1-3-17(18)21(23,24)25/h1-8,15H,9-13H2,(H,26,29)(H,27,30). The van der Waals surface area contributed by atoms with Crippen molar-refractivity contribution in [1.29, 1.82) is 0 Å². The third-order valence-corrected chi connectivity index (χ3v) is 7.19. The van der Waals surface area contributed by atoms with Crippen molar-refractivity contribution in [2.24, 2.45) is 5.92 Å². The zero-order chi connectivity index (χ0) is 24.2. The highest BCUT2D eigenvalue weighted by Gasteiger charge is 2.40. The van der Waals surface area contributed by atoms with Crippen LogP contribution in [0.1, 0.15) is 24.0 Å². The van der Waals surface area contributed by atoms with Crippen molar-refractivity contribution in [1.82, 2.24) is 15.2 Å². The van der Waals surface area contributed by atoms with E-state index in [1.165, 1.54) is 30.3 Å². The van der Waals surface area contributed by atoms with Crippen LogP contribution in [-0.2, 0) is 32.2 Å². The summed E-state index contributed by atoms with van der Waals surface area (Å²) in [5.74, 6) is -2.13. The Morgan fingerprint density at radius 2 is 1.58 bits per heavy atom. The molecule has 0 bridgehead atoms. The van der Waals surface area contributed by atoms with Crippen LogP contribution in [-0.4, -0.2) is 37.6 Å². The van der Waals surface area contributed by atoms with Gasteiger partial charge in [0, 0.05) is 19.0 Å². The number of sulfonamides is 1. The molecule has 12 heteroatoms. The van der Waals surface area contributed by atoms with Gasteiger partial charge in [0.15, 0.2) is 0 Å². The molecule has 0 spiro atoms. The number of hydrazine groups is 1. The van der Waals surface area contributed by atoms with Gasteiger partial charge in [-0.3, -0.25) is 20.4 Å². The largest absolute Gasteiger partial charge is 0.417 e. The van der Waals surface area contributed by atoms with Crippen molar-refractivity contribution >= 4 is 21.8 Å². The molecule has 178 valence electrons. The van der Waals surface area contributed by atoms with Crippen LogP contribution in [0, 0.1) is 11.7 Å². The first-order valence-corrected chi connectivity index (χ1v) is 11.4. The Morgan fingerprint density at radius 1 is 0.970 bits per heavy atom. The molecular weight excluding hydrogens is 466 g/mol. The summed E-state index contributed by atoms with van der Waals surface area (Å²) < 4.78 is 79.1. The Labute approximate surface area is 187 Å². The molecule has 0 atom stereocenters. The molecule has 1 heterocycles. The fourth-order valence-corrected chi connectivity index (χ4v) is 5.17. The van der Waals surface area contributed by atoms with Gasteiger partial charge in [0.25, 0.3) is 0 Å². The Bertz CT molecular complexity index is 1110. The van der Waals surface area contributed by atoms with Crippen LogP contribution in [0.4, 0.5) is 17.6 Å². The Morgan fingerprint density at radius 3 is 2.18 bits per heavy atom. The highest BCUT2D eigenvalue weighted by molar-refractivity contribution is 7.89. The number of nitrogens with zero attached hydrogens (tertiary/aromatic N) is 1. The van der Waals surface area contributed by atoms with Crippen molar-refractivity contribution in [3.63, 3.8) is 0 Å². The fraction of sp³-hybridized carbons (Fsp3) is 0.333. The van der Waals surface area contributed by atoms with Crippen molar-refractivity contribution in [2.45, 2.75) is 30.3 Å². The second kappa shape index (κ2) is 9.87. The summed E-state index contributed by atoms with van der Waals surface area (Å²) in [6.45, 7) is -0.285. The molecule has 1 fully saturated rings. The molecule has 1 aliphatic rings. The van der Waals surface area contributed by atoms with Crippen molar-refractivity contribution in [2.75, 3.05) is 13.1 Å². The summed E-state index contributed by atoms with van der Waals surface area (Å²) in [5, 5.41) is 0. The van der Waals surface area contributed by atoms with E-state index in [4.69, 9.17) is 0 Å². The molecule has 0 unspecified atom stereocenters. The average molecular weight is 487 g/mol. The predicted molar refractivity (Wildman–Crippen MR) is 109 cm³/mol. The van der Waals surface area contributed by atoms with E-state index in [9.17, 15) is 35.6 Å². The monoisotopic (exact) mass is 487 g/mol. The lowest BCUT2D eigenvalue weighted by atomic mass is 9.98. The van der Waals surface area contributed by atoms with Crippen LogP contribution in [0.15, 0.2) is 53.4 Å². The van der Waals surface area contributed by atoms with Crippen LogP contribution >= 0.6 is 0 Å². The van der Waals surface area contributed by atoms with Gasteiger partial charge in [-0.25, -0.2) is 12.8 Å². The first kappa shape index (κ1) is 24.6. The summed E-state index contributed by atoms with van der Waals surface area (Å²) in [6, 6.07) is 9.23. The van der Waals surface area contributed by atoms with Gasteiger partial charge in [0.1, 0.15) is 5.82 Å². The maximum atomic E-state index is 13.2. The van der Waals surface area contributed by atoms with Gasteiger partial charge in [-0.15, -0.1) is 0 Å². The van der Waals surface area contributed by atoms with E-state index in [1.54, 1.807) is 0 Å². The normalized spacial score (nSPS) is 15.8. The molecular formula is C21H21F4N3O4S. The highest BCUT2D eigenvalue weighted by atomic mass is 32.2. The maximum absolute atomic E-state index is 13.2. The van der Waals surface area contributed by atoms with Gasteiger partial charge in [0.2, 0.25) is 21.8 Å². The Balaban J connectivity index is 1.54. The van der Waals surface area contributed by atoms with E-state index in [0.717, 1.165) is 16.4 Å². The number of hydrogen-bond acceptors (Lipinski definition) is 4. The molecule has 3 rings (SSSR count). The minimum absolute atomic E-state index is 0.0765. The van der Waals surface area contributed by atoms with Crippen molar-refractivity contribution < 1.29 is 35.6 Å². The molecule has 1 aliphatic heterocycles. The second-order valence-corrected chi connectivity index (χ2v) is 9.42. The van der Waals surface area contributed by atoms with E-state index < -0.39 is 50.2 Å². The number of piperidine rings is 1. The Hall–Kier alpha value is -2.99. The molecule has 33 heavy (non-hydrogen) atoms. The first-order valence-electron chi connectivity index (χ1n) is 9.98. The third-order valence-electron chi connectivity index (χ3n) is 5.24. The summed E-state index contributed by atoms with van der Waals surface area (Å²) >= 11 is 0. The lowest BCUT2D eigenvalue weighted by Gasteiger charge is -2.31. The molecule has 0 aromatic heterocycles. The number of hydrogen-bond donors (Lipinski definition) is 2. The van der Waals surface area contributed by atoms with Crippen LogP contribution in [0.3, 0.4) is 0 Å². The molecule has 2 N–H and O–H groups in total. The van der Waals surface area contributed by atoms with Gasteiger partial charge in [-0.1, -0.05) is 24.3 Å². The van der Waals surface area contributed by atoms with Crippen LogP contribution in [0.2, 0.25) is 0 Å². The van der Waals surface area contributed by atoms with Crippen LogP contribution in [0.25, 0.3) is 0 Å². The molecule has 2 amide bonds. The second-order valence-electron chi connectivity index (χ2n) is 7.51. The summed E-state index contributed by atoms with van der Waals surface area (Å²) in [5.41, 5.74) is 3.81. The Kier molecular flexibility index (Phi) is 7.38. The van der Waals surface area contributed by atoms with Gasteiger partial charge in [-0.2, -0.15) is 17.5 Å². The van der Waals surface area contributed by atoms with E-state index in [1.807, 2.05) is 0 Å². The zero-order valence-corrected chi connectivity index (χ0v) is 18.0. The SMILES string of the molecule is O=C(Cc1ccc(F)cc1)NNC(=O)C1CCN(S(=O)(=O)c2ccccc2C(F)(F)F)CC1. The van der Waals surface area contributed by atoms with Gasteiger partial charge >= 0.3 is 6.18 Å².